The third-order valence-corrected chi connectivity index (χ3v) is 6.27. The first-order valence-corrected chi connectivity index (χ1v) is 10.5. The lowest BCUT2D eigenvalue weighted by atomic mass is 9.90. The molecule has 0 unspecified atom stereocenters. The quantitative estimate of drug-likeness (QED) is 0.530. The summed E-state index contributed by atoms with van der Waals surface area (Å²) in [5.74, 6) is -0.237. The molecule has 0 amide bonds. The number of carboxylic acid groups (broad SMARTS) is 1. The number of rotatable bonds is 6. The first-order valence-electron chi connectivity index (χ1n) is 10.5. The van der Waals surface area contributed by atoms with Crippen molar-refractivity contribution < 1.29 is 19.0 Å². The normalized spacial score (nSPS) is 17.4. The van der Waals surface area contributed by atoms with E-state index in [0.29, 0.717) is 19.4 Å². The van der Waals surface area contributed by atoms with Gasteiger partial charge in [0.2, 0.25) is 0 Å². The van der Waals surface area contributed by atoms with Crippen LogP contribution in [0.3, 0.4) is 0 Å². The van der Waals surface area contributed by atoms with E-state index in [4.69, 9.17) is 4.74 Å². The number of aromatic amines is 1. The summed E-state index contributed by atoms with van der Waals surface area (Å²) < 4.78 is 20.6. The number of aryl methyl sites for hydroxylation is 1. The smallest absolute Gasteiger partial charge is 0.335 e. The van der Waals surface area contributed by atoms with E-state index >= 15 is 0 Å². The van der Waals surface area contributed by atoms with Gasteiger partial charge in [-0.3, -0.25) is 4.90 Å². The number of ether oxygens (including phenoxy) is 1. The summed E-state index contributed by atoms with van der Waals surface area (Å²) in [5, 5.41) is 10.3. The number of hydrogen-bond donors (Lipinski definition) is 2. The van der Waals surface area contributed by atoms with Crippen LogP contribution in [0.25, 0.3) is 10.9 Å². The van der Waals surface area contributed by atoms with Crippen LogP contribution in [0.5, 0.6) is 5.75 Å². The molecule has 1 atom stereocenters. The number of benzene rings is 2. The summed E-state index contributed by atoms with van der Waals surface area (Å²) >= 11 is 0. The number of carbonyl (C=O) groups is 1. The molecule has 2 heterocycles. The minimum Gasteiger partial charge on any atom is -0.496 e. The zero-order chi connectivity index (χ0) is 22.1. The van der Waals surface area contributed by atoms with Gasteiger partial charge in [-0.1, -0.05) is 19.1 Å². The first-order chi connectivity index (χ1) is 14.9. The molecule has 0 saturated carbocycles. The van der Waals surface area contributed by atoms with Gasteiger partial charge >= 0.3 is 5.97 Å². The molecule has 0 aliphatic carbocycles. The fourth-order valence-corrected chi connectivity index (χ4v) is 4.54. The van der Waals surface area contributed by atoms with Crippen molar-refractivity contribution in [2.75, 3.05) is 13.7 Å². The minimum atomic E-state index is -0.952. The summed E-state index contributed by atoms with van der Waals surface area (Å²) in [6.07, 6.45) is 3.16. The van der Waals surface area contributed by atoms with Gasteiger partial charge in [-0.05, 0) is 60.7 Å². The number of nitrogens with one attached hydrogen (secondary N) is 1. The van der Waals surface area contributed by atoms with E-state index in [0.717, 1.165) is 38.9 Å². The van der Waals surface area contributed by atoms with Crippen LogP contribution in [0.4, 0.5) is 4.39 Å². The molecule has 0 spiro atoms. The Hall–Kier alpha value is -3.12. The van der Waals surface area contributed by atoms with Crippen molar-refractivity contribution in [2.45, 2.75) is 39.3 Å². The Morgan fingerprint density at radius 1 is 1.29 bits per heavy atom. The molecule has 2 aromatic carbocycles. The van der Waals surface area contributed by atoms with Crippen molar-refractivity contribution in [1.29, 1.82) is 0 Å². The first kappa shape index (κ1) is 21.1. The second-order valence-corrected chi connectivity index (χ2v) is 8.05. The predicted molar refractivity (Wildman–Crippen MR) is 119 cm³/mol. The van der Waals surface area contributed by atoms with Crippen LogP contribution >= 0.6 is 0 Å². The predicted octanol–water partition coefficient (Wildman–Crippen LogP) is 5.76. The van der Waals surface area contributed by atoms with E-state index in [1.165, 1.54) is 0 Å². The Labute approximate surface area is 181 Å². The van der Waals surface area contributed by atoms with Crippen molar-refractivity contribution in [2.24, 2.45) is 0 Å². The van der Waals surface area contributed by atoms with Gasteiger partial charge in [-0.2, -0.15) is 0 Å². The molecule has 0 bridgehead atoms. The molecular weight excluding hydrogens is 395 g/mol. The summed E-state index contributed by atoms with van der Waals surface area (Å²) in [4.78, 5) is 16.7. The molecule has 5 nitrogen and oxygen atoms in total. The Bertz CT molecular complexity index is 1150. The van der Waals surface area contributed by atoms with Crippen LogP contribution in [0.1, 0.15) is 52.9 Å². The standard InChI is InChI=1S/C25H27FN2O3/c1-4-16-12-22(17-5-7-18(8-6-17)25(29)30)28(14-21(16)26)13-20-19-9-10-27-24(19)15(2)11-23(20)31-3/h5-11,22,27H,4,12-14H2,1-3H3,(H,29,30)/t22-/m0/s1. The van der Waals surface area contributed by atoms with Gasteiger partial charge in [-0.15, -0.1) is 0 Å². The number of carboxylic acids is 1. The van der Waals surface area contributed by atoms with E-state index in [1.54, 1.807) is 19.2 Å². The molecule has 3 aromatic rings. The maximum Gasteiger partial charge on any atom is 0.335 e. The summed E-state index contributed by atoms with van der Waals surface area (Å²) in [6, 6.07) is 10.9. The van der Waals surface area contributed by atoms with Crippen LogP contribution in [0.2, 0.25) is 0 Å². The van der Waals surface area contributed by atoms with Gasteiger partial charge in [-0.25, -0.2) is 9.18 Å². The van der Waals surface area contributed by atoms with Gasteiger partial charge in [0.05, 0.1) is 19.2 Å². The van der Waals surface area contributed by atoms with Crippen LogP contribution in [-0.2, 0) is 6.54 Å². The number of nitrogens with zero attached hydrogens (tertiary/aromatic N) is 1. The Balaban J connectivity index is 1.75. The highest BCUT2D eigenvalue weighted by molar-refractivity contribution is 5.88. The number of halogens is 1. The topological polar surface area (TPSA) is 65.6 Å². The van der Waals surface area contributed by atoms with E-state index in [-0.39, 0.29) is 24.0 Å². The molecule has 6 heteroatoms. The van der Waals surface area contributed by atoms with Crippen LogP contribution in [-0.4, -0.2) is 34.6 Å². The molecule has 1 aliphatic rings. The number of H-pyrrole nitrogens is 1. The second-order valence-electron chi connectivity index (χ2n) is 8.05. The van der Waals surface area contributed by atoms with Crippen molar-refractivity contribution in [3.05, 3.63) is 76.2 Å². The third-order valence-electron chi connectivity index (χ3n) is 6.27. The highest BCUT2D eigenvalue weighted by atomic mass is 19.1. The van der Waals surface area contributed by atoms with E-state index in [2.05, 4.69) is 9.88 Å². The summed E-state index contributed by atoms with van der Waals surface area (Å²) in [6.45, 7) is 4.75. The number of methoxy groups -OCH3 is 1. The Morgan fingerprint density at radius 3 is 2.68 bits per heavy atom. The van der Waals surface area contributed by atoms with Crippen molar-refractivity contribution in [3.8, 4) is 5.75 Å². The largest absolute Gasteiger partial charge is 0.496 e. The fraction of sp³-hybridized carbons (Fsp3) is 0.320. The molecule has 1 aromatic heterocycles. The fourth-order valence-electron chi connectivity index (χ4n) is 4.54. The van der Waals surface area contributed by atoms with E-state index in [9.17, 15) is 14.3 Å². The van der Waals surface area contributed by atoms with E-state index in [1.807, 2.05) is 44.3 Å². The molecule has 162 valence electrons. The maximum absolute atomic E-state index is 14.9. The molecular formula is C25H27FN2O3. The number of fused-ring (bicyclic) bond motifs is 1. The molecule has 0 radical (unpaired) electrons. The lowest BCUT2D eigenvalue weighted by Gasteiger charge is -2.37. The van der Waals surface area contributed by atoms with Crippen LogP contribution in [0.15, 0.2) is 54.0 Å². The average Bonchev–Trinajstić information content (AvgIpc) is 3.26. The van der Waals surface area contributed by atoms with Gasteiger partial charge in [0.15, 0.2) is 0 Å². The highest BCUT2D eigenvalue weighted by Gasteiger charge is 2.30. The van der Waals surface area contributed by atoms with Crippen molar-refractivity contribution in [1.82, 2.24) is 9.88 Å². The molecule has 31 heavy (non-hydrogen) atoms. The van der Waals surface area contributed by atoms with Crippen LogP contribution in [0, 0.1) is 6.92 Å². The molecule has 2 N–H and O–H groups in total. The van der Waals surface area contributed by atoms with Gasteiger partial charge < -0.3 is 14.8 Å². The molecule has 1 aliphatic heterocycles. The monoisotopic (exact) mass is 422 g/mol. The van der Waals surface area contributed by atoms with Gasteiger partial charge in [0.25, 0.3) is 0 Å². The SMILES string of the molecule is CCC1=C(F)CN(Cc2c(OC)cc(C)c3[nH]ccc23)[C@H](c2ccc(C(=O)O)cc2)C1. The summed E-state index contributed by atoms with van der Waals surface area (Å²) in [7, 11) is 1.66. The Morgan fingerprint density at radius 2 is 2.03 bits per heavy atom. The molecule has 4 rings (SSSR count). The zero-order valence-corrected chi connectivity index (χ0v) is 18.0. The summed E-state index contributed by atoms with van der Waals surface area (Å²) in [5.41, 5.74) is 5.23. The maximum atomic E-state index is 14.9. The third kappa shape index (κ3) is 3.95. The lowest BCUT2D eigenvalue weighted by molar-refractivity contribution is 0.0697. The van der Waals surface area contributed by atoms with E-state index < -0.39 is 5.97 Å². The number of hydrogen-bond acceptors (Lipinski definition) is 3. The molecule has 0 fully saturated rings. The highest BCUT2D eigenvalue weighted by Crippen LogP contribution is 2.39. The number of aromatic nitrogens is 1. The lowest BCUT2D eigenvalue weighted by Crippen LogP contribution is -2.34. The Kier molecular flexibility index (Phi) is 5.83. The van der Waals surface area contributed by atoms with Gasteiger partial charge in [0.1, 0.15) is 11.6 Å². The average molecular weight is 423 g/mol. The number of aromatic carboxylic acids is 1. The van der Waals surface area contributed by atoms with Crippen LogP contribution < -0.4 is 4.74 Å². The second kappa shape index (κ2) is 8.55. The zero-order valence-electron chi connectivity index (χ0n) is 18.0. The molecule has 0 saturated heterocycles. The van der Waals surface area contributed by atoms with Crippen molar-refractivity contribution in [3.63, 3.8) is 0 Å². The van der Waals surface area contributed by atoms with Gasteiger partial charge in [0, 0.05) is 35.2 Å². The van der Waals surface area contributed by atoms with Crippen molar-refractivity contribution >= 4 is 16.9 Å². The minimum absolute atomic E-state index is 0.0442.